The molecule has 3 N–H and O–H groups in total. The fourth-order valence-corrected chi connectivity index (χ4v) is 3.45. The largest absolute Gasteiger partial charge is 0.382 e. The Balaban J connectivity index is 2.08. The van der Waals surface area contributed by atoms with Crippen LogP contribution in [0, 0.1) is 0 Å². The fourth-order valence-electron chi connectivity index (χ4n) is 2.43. The molecule has 19 heavy (non-hydrogen) atoms. The van der Waals surface area contributed by atoms with E-state index in [1.54, 1.807) is 0 Å². The highest BCUT2D eigenvalue weighted by Gasteiger charge is 2.22. The van der Waals surface area contributed by atoms with Gasteiger partial charge in [-0.1, -0.05) is 24.2 Å². The highest BCUT2D eigenvalue weighted by atomic mass is 32.1. The molecule has 0 saturated heterocycles. The van der Waals surface area contributed by atoms with Crippen molar-refractivity contribution in [2.45, 2.75) is 45.6 Å². The zero-order chi connectivity index (χ0) is 13.8. The first-order valence-corrected chi connectivity index (χ1v) is 7.79. The highest BCUT2D eigenvalue weighted by molar-refractivity contribution is 7.18. The SMILES string of the molecule is CCN(CC)c1nc(N)c(C(=O)NC2CCCC2)s1. The van der Waals surface area contributed by atoms with Gasteiger partial charge in [0.1, 0.15) is 10.7 Å². The third kappa shape index (κ3) is 3.18. The second-order valence-electron chi connectivity index (χ2n) is 4.84. The van der Waals surface area contributed by atoms with Gasteiger partial charge in [-0.25, -0.2) is 4.98 Å². The number of carbonyl (C=O) groups excluding carboxylic acids is 1. The lowest BCUT2D eigenvalue weighted by atomic mass is 10.2. The molecule has 1 aliphatic rings. The molecule has 1 saturated carbocycles. The number of nitrogens with one attached hydrogen (secondary N) is 1. The summed E-state index contributed by atoms with van der Waals surface area (Å²) in [7, 11) is 0. The standard InChI is InChI=1S/C13H22N4OS/c1-3-17(4-2)13-16-11(14)10(19-13)12(18)15-9-7-5-6-8-9/h9H,3-8,14H2,1-2H3,(H,15,18). The predicted octanol–water partition coefficient (Wildman–Crippen LogP) is 2.24. The monoisotopic (exact) mass is 282 g/mol. The smallest absolute Gasteiger partial charge is 0.265 e. The number of hydrogen-bond donors (Lipinski definition) is 2. The number of nitrogen functional groups attached to an aromatic ring is 1. The lowest BCUT2D eigenvalue weighted by molar-refractivity contribution is 0.0942. The molecule has 1 aromatic heterocycles. The third-order valence-electron chi connectivity index (χ3n) is 3.57. The summed E-state index contributed by atoms with van der Waals surface area (Å²) >= 11 is 1.39. The van der Waals surface area contributed by atoms with Crippen LogP contribution in [0.5, 0.6) is 0 Å². The molecule has 0 aromatic carbocycles. The summed E-state index contributed by atoms with van der Waals surface area (Å²) in [6.45, 7) is 5.87. The van der Waals surface area contributed by atoms with Crippen molar-refractivity contribution in [1.82, 2.24) is 10.3 Å². The minimum atomic E-state index is -0.0692. The van der Waals surface area contributed by atoms with E-state index < -0.39 is 0 Å². The van der Waals surface area contributed by atoms with Crippen molar-refractivity contribution in [1.29, 1.82) is 0 Å². The van der Waals surface area contributed by atoms with Crippen LogP contribution in [0.25, 0.3) is 0 Å². The number of hydrogen-bond acceptors (Lipinski definition) is 5. The van der Waals surface area contributed by atoms with Crippen LogP contribution in [-0.2, 0) is 0 Å². The maximum absolute atomic E-state index is 12.2. The molecule has 0 unspecified atom stereocenters. The van der Waals surface area contributed by atoms with E-state index in [0.29, 0.717) is 16.7 Å². The van der Waals surface area contributed by atoms with Crippen molar-refractivity contribution in [2.24, 2.45) is 0 Å². The van der Waals surface area contributed by atoms with Crippen LogP contribution >= 0.6 is 11.3 Å². The summed E-state index contributed by atoms with van der Waals surface area (Å²) in [6, 6.07) is 0.311. The van der Waals surface area contributed by atoms with Crippen LogP contribution in [-0.4, -0.2) is 30.0 Å². The van der Waals surface area contributed by atoms with E-state index in [1.165, 1.54) is 24.2 Å². The number of thiazole rings is 1. The van der Waals surface area contributed by atoms with E-state index in [2.05, 4.69) is 29.0 Å². The van der Waals surface area contributed by atoms with E-state index >= 15 is 0 Å². The summed E-state index contributed by atoms with van der Waals surface area (Å²) in [4.78, 5) is 19.2. The van der Waals surface area contributed by atoms with Gasteiger partial charge in [-0.05, 0) is 26.7 Å². The average Bonchev–Trinajstić information content (AvgIpc) is 3.01. The number of carbonyl (C=O) groups is 1. The van der Waals surface area contributed by atoms with E-state index in [-0.39, 0.29) is 5.91 Å². The molecule has 1 heterocycles. The van der Waals surface area contributed by atoms with Crippen molar-refractivity contribution in [3.05, 3.63) is 4.88 Å². The molecule has 0 bridgehead atoms. The molecule has 5 nitrogen and oxygen atoms in total. The van der Waals surface area contributed by atoms with Crippen LogP contribution in [0.3, 0.4) is 0 Å². The lowest BCUT2D eigenvalue weighted by Gasteiger charge is -2.16. The molecule has 1 aromatic rings. The zero-order valence-corrected chi connectivity index (χ0v) is 12.4. The third-order valence-corrected chi connectivity index (χ3v) is 4.70. The Labute approximate surface area is 118 Å². The number of nitrogens with two attached hydrogens (primary N) is 1. The molecule has 106 valence electrons. The van der Waals surface area contributed by atoms with E-state index in [1.807, 2.05) is 0 Å². The van der Waals surface area contributed by atoms with Crippen molar-refractivity contribution in [3.63, 3.8) is 0 Å². The van der Waals surface area contributed by atoms with Gasteiger partial charge in [0.05, 0.1) is 0 Å². The minimum Gasteiger partial charge on any atom is -0.382 e. The maximum Gasteiger partial charge on any atom is 0.265 e. The molecule has 1 fully saturated rings. The number of nitrogens with zero attached hydrogens (tertiary/aromatic N) is 2. The number of anilines is 2. The zero-order valence-electron chi connectivity index (χ0n) is 11.6. The Morgan fingerprint density at radius 1 is 1.42 bits per heavy atom. The van der Waals surface area contributed by atoms with Gasteiger partial charge in [-0.15, -0.1) is 0 Å². The topological polar surface area (TPSA) is 71.2 Å². The molecule has 6 heteroatoms. The Morgan fingerprint density at radius 2 is 2.05 bits per heavy atom. The van der Waals surface area contributed by atoms with E-state index in [9.17, 15) is 4.79 Å². The molecular weight excluding hydrogens is 260 g/mol. The van der Waals surface area contributed by atoms with Crippen LogP contribution in [0.4, 0.5) is 10.9 Å². The number of amides is 1. The first kappa shape index (κ1) is 14.1. The van der Waals surface area contributed by atoms with Crippen molar-refractivity contribution < 1.29 is 4.79 Å². The van der Waals surface area contributed by atoms with Gasteiger partial charge in [0.25, 0.3) is 5.91 Å². The Kier molecular flexibility index (Phi) is 4.63. The van der Waals surface area contributed by atoms with Crippen molar-refractivity contribution >= 4 is 28.2 Å². The normalized spacial score (nSPS) is 15.7. The molecule has 2 rings (SSSR count). The molecular formula is C13H22N4OS. The predicted molar refractivity (Wildman–Crippen MR) is 79.8 cm³/mol. The Hall–Kier alpha value is -1.30. The summed E-state index contributed by atoms with van der Waals surface area (Å²) in [5.74, 6) is 0.280. The van der Waals surface area contributed by atoms with Gasteiger partial charge in [0.15, 0.2) is 5.13 Å². The summed E-state index contributed by atoms with van der Waals surface area (Å²) < 4.78 is 0. The second-order valence-corrected chi connectivity index (χ2v) is 5.82. The van der Waals surface area contributed by atoms with E-state index in [4.69, 9.17) is 5.73 Å². The lowest BCUT2D eigenvalue weighted by Crippen LogP contribution is -2.32. The summed E-state index contributed by atoms with van der Waals surface area (Å²) in [5.41, 5.74) is 5.88. The van der Waals surface area contributed by atoms with Gasteiger partial charge in [0.2, 0.25) is 0 Å². The van der Waals surface area contributed by atoms with Crippen LogP contribution < -0.4 is 16.0 Å². The second kappa shape index (κ2) is 6.23. The van der Waals surface area contributed by atoms with Crippen LogP contribution in [0.1, 0.15) is 49.2 Å². The fraction of sp³-hybridized carbons (Fsp3) is 0.692. The van der Waals surface area contributed by atoms with Gasteiger partial charge < -0.3 is 16.0 Å². The van der Waals surface area contributed by atoms with Gasteiger partial charge in [-0.3, -0.25) is 4.79 Å². The quantitative estimate of drug-likeness (QED) is 0.869. The Bertz CT molecular complexity index is 436. The number of aromatic nitrogens is 1. The van der Waals surface area contributed by atoms with E-state index in [0.717, 1.165) is 31.1 Å². The minimum absolute atomic E-state index is 0.0692. The highest BCUT2D eigenvalue weighted by Crippen LogP contribution is 2.28. The molecule has 0 aliphatic heterocycles. The Morgan fingerprint density at radius 3 is 2.63 bits per heavy atom. The molecule has 0 radical (unpaired) electrons. The average molecular weight is 282 g/mol. The maximum atomic E-state index is 12.2. The molecule has 0 atom stereocenters. The summed E-state index contributed by atoms with van der Waals surface area (Å²) in [5, 5.41) is 3.89. The van der Waals surface area contributed by atoms with Crippen molar-refractivity contribution in [3.8, 4) is 0 Å². The summed E-state index contributed by atoms with van der Waals surface area (Å²) in [6.07, 6.45) is 4.56. The molecule has 1 amide bonds. The first-order chi connectivity index (χ1) is 9.15. The van der Waals surface area contributed by atoms with Gasteiger partial charge >= 0.3 is 0 Å². The van der Waals surface area contributed by atoms with Gasteiger partial charge in [0, 0.05) is 19.1 Å². The molecule has 0 spiro atoms. The molecule has 1 aliphatic carbocycles. The van der Waals surface area contributed by atoms with Crippen molar-refractivity contribution in [2.75, 3.05) is 23.7 Å². The van der Waals surface area contributed by atoms with Gasteiger partial charge in [-0.2, -0.15) is 0 Å². The first-order valence-electron chi connectivity index (χ1n) is 6.97. The van der Waals surface area contributed by atoms with Crippen LogP contribution in [0.15, 0.2) is 0 Å². The van der Waals surface area contributed by atoms with Crippen LogP contribution in [0.2, 0.25) is 0 Å². The number of rotatable bonds is 5.